The minimum Gasteiger partial charge on any atom is -0.496 e. The maximum atomic E-state index is 5.47. The Morgan fingerprint density at radius 3 is 2.28 bits per heavy atom. The third-order valence-electron chi connectivity index (χ3n) is 3.72. The van der Waals surface area contributed by atoms with Crippen molar-refractivity contribution in [2.75, 3.05) is 21.3 Å². The molecule has 1 atom stereocenters. The first kappa shape index (κ1) is 13.2. The van der Waals surface area contributed by atoms with Gasteiger partial charge in [-0.25, -0.2) is 0 Å². The van der Waals surface area contributed by atoms with Crippen LogP contribution in [-0.2, 0) is 0 Å². The zero-order valence-electron chi connectivity index (χ0n) is 11.5. The van der Waals surface area contributed by atoms with Gasteiger partial charge in [0.15, 0.2) is 0 Å². The van der Waals surface area contributed by atoms with Crippen LogP contribution in [-0.4, -0.2) is 21.3 Å². The van der Waals surface area contributed by atoms with E-state index in [0.29, 0.717) is 6.04 Å². The van der Waals surface area contributed by atoms with Gasteiger partial charge < -0.3 is 14.8 Å². The van der Waals surface area contributed by atoms with Gasteiger partial charge >= 0.3 is 0 Å². The summed E-state index contributed by atoms with van der Waals surface area (Å²) >= 11 is 0. The zero-order valence-corrected chi connectivity index (χ0v) is 11.5. The van der Waals surface area contributed by atoms with E-state index in [1.165, 1.54) is 19.3 Å². The van der Waals surface area contributed by atoms with E-state index in [1.54, 1.807) is 14.2 Å². The molecule has 18 heavy (non-hydrogen) atoms. The van der Waals surface area contributed by atoms with Crippen LogP contribution < -0.4 is 14.8 Å². The number of hydrogen-bond acceptors (Lipinski definition) is 3. The summed E-state index contributed by atoms with van der Waals surface area (Å²) in [5.74, 6) is 2.76. The molecule has 0 aliphatic heterocycles. The molecule has 0 aromatic heterocycles. The Kier molecular flexibility index (Phi) is 4.48. The lowest BCUT2D eigenvalue weighted by Gasteiger charge is -2.21. The normalized spacial score (nSPS) is 16.4. The molecule has 0 bridgehead atoms. The molecule has 0 radical (unpaired) electrons. The summed E-state index contributed by atoms with van der Waals surface area (Å²) in [6.07, 6.45) is 5.23. The highest BCUT2D eigenvalue weighted by atomic mass is 16.5. The van der Waals surface area contributed by atoms with Crippen LogP contribution in [0.25, 0.3) is 0 Å². The van der Waals surface area contributed by atoms with Gasteiger partial charge in [-0.3, -0.25) is 0 Å². The Balaban J connectivity index is 2.20. The smallest absolute Gasteiger partial charge is 0.127 e. The number of hydrogen-bond donors (Lipinski definition) is 1. The Labute approximate surface area is 109 Å². The highest BCUT2D eigenvalue weighted by Crippen LogP contribution is 2.40. The molecule has 3 heteroatoms. The molecule has 0 heterocycles. The van der Waals surface area contributed by atoms with E-state index in [9.17, 15) is 0 Å². The molecule has 1 unspecified atom stereocenters. The zero-order chi connectivity index (χ0) is 13.0. The maximum absolute atomic E-state index is 5.47. The lowest BCUT2D eigenvalue weighted by atomic mass is 9.98. The predicted octanol–water partition coefficient (Wildman–Crippen LogP) is 3.15. The van der Waals surface area contributed by atoms with E-state index in [2.05, 4.69) is 5.32 Å². The number of ether oxygens (including phenoxy) is 2. The molecule has 1 fully saturated rings. The summed E-state index contributed by atoms with van der Waals surface area (Å²) in [4.78, 5) is 0. The second kappa shape index (κ2) is 6.10. The number of nitrogens with one attached hydrogen (secondary N) is 1. The third-order valence-corrected chi connectivity index (χ3v) is 3.72. The summed E-state index contributed by atoms with van der Waals surface area (Å²) in [6.45, 7) is 0. The third kappa shape index (κ3) is 2.96. The van der Waals surface area contributed by atoms with Crippen molar-refractivity contribution in [2.45, 2.75) is 31.7 Å². The largest absolute Gasteiger partial charge is 0.496 e. The molecule has 1 aliphatic rings. The highest BCUT2D eigenvalue weighted by molar-refractivity contribution is 5.47. The Bertz CT molecular complexity index is 366. The Morgan fingerprint density at radius 2 is 1.83 bits per heavy atom. The molecule has 3 nitrogen and oxygen atoms in total. The summed E-state index contributed by atoms with van der Waals surface area (Å²) in [6, 6.07) is 6.27. The van der Waals surface area contributed by atoms with Gasteiger partial charge in [-0.05, 0) is 37.9 Å². The van der Waals surface area contributed by atoms with Crippen molar-refractivity contribution >= 4 is 0 Å². The van der Waals surface area contributed by atoms with Gasteiger partial charge in [0.25, 0.3) is 0 Å². The molecule has 0 saturated heterocycles. The number of rotatable bonds is 7. The van der Waals surface area contributed by atoms with E-state index in [0.717, 1.165) is 29.4 Å². The topological polar surface area (TPSA) is 30.5 Å². The van der Waals surface area contributed by atoms with Crippen LogP contribution in [0.2, 0.25) is 0 Å². The van der Waals surface area contributed by atoms with Crippen molar-refractivity contribution in [3.63, 3.8) is 0 Å². The van der Waals surface area contributed by atoms with Crippen LogP contribution in [0.1, 0.15) is 37.3 Å². The SMILES string of the molecule is CNC(CCC1CC1)c1c(OC)cccc1OC. The second-order valence-electron chi connectivity index (χ2n) is 4.94. The van der Waals surface area contributed by atoms with Gasteiger partial charge in [0, 0.05) is 6.04 Å². The average Bonchev–Trinajstić information content (AvgIpc) is 3.23. The predicted molar refractivity (Wildman–Crippen MR) is 73.3 cm³/mol. The molecule has 1 N–H and O–H groups in total. The van der Waals surface area contributed by atoms with E-state index in [4.69, 9.17) is 9.47 Å². The molecule has 1 saturated carbocycles. The lowest BCUT2D eigenvalue weighted by molar-refractivity contribution is 0.367. The van der Waals surface area contributed by atoms with E-state index >= 15 is 0 Å². The molecule has 1 aromatic rings. The van der Waals surface area contributed by atoms with Gasteiger partial charge in [0.2, 0.25) is 0 Å². The van der Waals surface area contributed by atoms with Crippen molar-refractivity contribution in [3.05, 3.63) is 23.8 Å². The minimum absolute atomic E-state index is 0.302. The van der Waals surface area contributed by atoms with Gasteiger partial charge in [-0.2, -0.15) is 0 Å². The van der Waals surface area contributed by atoms with E-state index in [-0.39, 0.29) is 0 Å². The monoisotopic (exact) mass is 249 g/mol. The first-order chi connectivity index (χ1) is 8.80. The summed E-state index contributed by atoms with van der Waals surface area (Å²) in [5.41, 5.74) is 1.14. The van der Waals surface area contributed by atoms with Crippen LogP contribution >= 0.6 is 0 Å². The summed E-state index contributed by atoms with van der Waals surface area (Å²) < 4.78 is 10.9. The first-order valence-corrected chi connectivity index (χ1v) is 6.68. The van der Waals surface area contributed by atoms with E-state index in [1.807, 2.05) is 25.2 Å². The van der Waals surface area contributed by atoms with Crippen molar-refractivity contribution < 1.29 is 9.47 Å². The summed E-state index contributed by atoms with van der Waals surface area (Å²) in [5, 5.41) is 3.39. The highest BCUT2D eigenvalue weighted by Gasteiger charge is 2.25. The second-order valence-corrected chi connectivity index (χ2v) is 4.94. The molecule has 100 valence electrons. The fourth-order valence-corrected chi connectivity index (χ4v) is 2.47. The Morgan fingerprint density at radius 1 is 1.22 bits per heavy atom. The van der Waals surface area contributed by atoms with Gasteiger partial charge in [-0.15, -0.1) is 0 Å². The molecule has 0 amide bonds. The van der Waals surface area contributed by atoms with Gasteiger partial charge in [-0.1, -0.05) is 18.9 Å². The first-order valence-electron chi connectivity index (χ1n) is 6.68. The summed E-state index contributed by atoms with van der Waals surface area (Å²) in [7, 11) is 5.43. The van der Waals surface area contributed by atoms with E-state index < -0.39 is 0 Å². The molecule has 2 rings (SSSR count). The molecule has 0 spiro atoms. The fraction of sp³-hybridized carbons (Fsp3) is 0.600. The van der Waals surface area contributed by atoms with Crippen LogP contribution in [0.5, 0.6) is 11.5 Å². The molecule has 1 aromatic carbocycles. The standard InChI is InChI=1S/C15H23NO2/c1-16-12(10-9-11-7-8-11)15-13(17-2)5-4-6-14(15)18-3/h4-6,11-12,16H,7-10H2,1-3H3. The molecular weight excluding hydrogens is 226 g/mol. The van der Waals surface area contributed by atoms with Gasteiger partial charge in [0.05, 0.1) is 19.8 Å². The minimum atomic E-state index is 0.302. The lowest BCUT2D eigenvalue weighted by Crippen LogP contribution is -2.18. The van der Waals surface area contributed by atoms with Crippen molar-refractivity contribution in [1.82, 2.24) is 5.32 Å². The molecule has 1 aliphatic carbocycles. The van der Waals surface area contributed by atoms with Crippen LogP contribution in [0.15, 0.2) is 18.2 Å². The van der Waals surface area contributed by atoms with Crippen LogP contribution in [0, 0.1) is 5.92 Å². The molecular formula is C15H23NO2. The average molecular weight is 249 g/mol. The van der Waals surface area contributed by atoms with Crippen LogP contribution in [0.3, 0.4) is 0 Å². The number of benzene rings is 1. The van der Waals surface area contributed by atoms with Crippen LogP contribution in [0.4, 0.5) is 0 Å². The quantitative estimate of drug-likeness (QED) is 0.805. The van der Waals surface area contributed by atoms with Crippen molar-refractivity contribution in [3.8, 4) is 11.5 Å². The number of methoxy groups -OCH3 is 2. The van der Waals surface area contributed by atoms with Crippen molar-refractivity contribution in [1.29, 1.82) is 0 Å². The fourth-order valence-electron chi connectivity index (χ4n) is 2.47. The maximum Gasteiger partial charge on any atom is 0.127 e. The Hall–Kier alpha value is -1.22. The van der Waals surface area contributed by atoms with Crippen molar-refractivity contribution in [2.24, 2.45) is 5.92 Å². The van der Waals surface area contributed by atoms with Gasteiger partial charge in [0.1, 0.15) is 11.5 Å².